The Kier molecular flexibility index (Phi) is 5.06. The average Bonchev–Trinajstić information content (AvgIpc) is 3.06. The van der Waals surface area contributed by atoms with Gasteiger partial charge in [-0.25, -0.2) is 4.79 Å². The number of H-pyrrole nitrogens is 1. The Labute approximate surface area is 182 Å². The molecule has 32 heavy (non-hydrogen) atoms. The topological polar surface area (TPSA) is 100 Å². The molecule has 0 aliphatic heterocycles. The molecule has 8 heteroatoms. The molecule has 162 valence electrons. The van der Waals surface area contributed by atoms with Crippen LogP contribution < -0.4 is 26.5 Å². The Bertz CT molecular complexity index is 1570. The molecule has 0 aliphatic carbocycles. The number of aromatic carboxylic acids is 1. The van der Waals surface area contributed by atoms with Gasteiger partial charge in [0.15, 0.2) is 0 Å². The van der Waals surface area contributed by atoms with E-state index in [1.54, 1.807) is 13.1 Å². The monoisotopic (exact) mass is 430 g/mol. The highest BCUT2D eigenvalue weighted by Crippen LogP contribution is 2.13. The SMILES string of the molecule is C=c1c(=Cc2ccc(N(C)C)cc2)c(=O)n(-c2ccc(C(=O)O)cc2)c2[nH]n(C)c(=O)c12. The van der Waals surface area contributed by atoms with E-state index in [1.807, 2.05) is 43.3 Å². The van der Waals surface area contributed by atoms with E-state index in [-0.39, 0.29) is 21.9 Å². The molecule has 2 N–H and O–H groups in total. The van der Waals surface area contributed by atoms with Gasteiger partial charge in [0.05, 0.1) is 16.6 Å². The van der Waals surface area contributed by atoms with E-state index < -0.39 is 5.97 Å². The van der Waals surface area contributed by atoms with Gasteiger partial charge in [0.2, 0.25) is 0 Å². The highest BCUT2D eigenvalue weighted by Gasteiger charge is 2.15. The highest BCUT2D eigenvalue weighted by molar-refractivity contribution is 5.88. The first-order valence-corrected chi connectivity index (χ1v) is 9.84. The van der Waals surface area contributed by atoms with Crippen molar-refractivity contribution < 1.29 is 9.90 Å². The molecule has 2 heterocycles. The summed E-state index contributed by atoms with van der Waals surface area (Å²) in [6, 6.07) is 13.6. The predicted molar refractivity (Wildman–Crippen MR) is 125 cm³/mol. The fraction of sp³-hybridized carbons (Fsp3) is 0.125. The average molecular weight is 430 g/mol. The molecular formula is C24H22N4O4. The van der Waals surface area contributed by atoms with Crippen LogP contribution in [0.3, 0.4) is 0 Å². The molecule has 0 fully saturated rings. The maximum absolute atomic E-state index is 13.6. The Balaban J connectivity index is 2.06. The Morgan fingerprint density at radius 3 is 2.22 bits per heavy atom. The summed E-state index contributed by atoms with van der Waals surface area (Å²) in [5.74, 6) is -1.06. The van der Waals surface area contributed by atoms with Crippen LogP contribution in [0, 0.1) is 0 Å². The fourth-order valence-electron chi connectivity index (χ4n) is 3.64. The van der Waals surface area contributed by atoms with E-state index in [9.17, 15) is 19.5 Å². The lowest BCUT2D eigenvalue weighted by Gasteiger charge is -2.12. The molecule has 4 rings (SSSR count). The molecule has 0 bridgehead atoms. The van der Waals surface area contributed by atoms with Gasteiger partial charge in [0, 0.05) is 32.0 Å². The molecule has 2 aromatic heterocycles. The molecule has 2 aromatic carbocycles. The maximum Gasteiger partial charge on any atom is 0.335 e. The van der Waals surface area contributed by atoms with Crippen molar-refractivity contribution in [2.24, 2.45) is 7.05 Å². The second kappa shape index (κ2) is 7.73. The van der Waals surface area contributed by atoms with Crippen molar-refractivity contribution in [1.29, 1.82) is 0 Å². The zero-order chi connectivity index (χ0) is 23.2. The smallest absolute Gasteiger partial charge is 0.335 e. The number of carboxylic acids is 1. The number of nitrogens with one attached hydrogen (secondary N) is 1. The van der Waals surface area contributed by atoms with Gasteiger partial charge in [-0.2, -0.15) is 0 Å². The summed E-state index contributed by atoms with van der Waals surface area (Å²) in [6.07, 6.45) is 1.71. The second-order valence-corrected chi connectivity index (χ2v) is 7.71. The van der Waals surface area contributed by atoms with Gasteiger partial charge < -0.3 is 10.0 Å². The van der Waals surface area contributed by atoms with Gasteiger partial charge in [0.1, 0.15) is 5.65 Å². The lowest BCUT2D eigenvalue weighted by molar-refractivity contribution is 0.0697. The van der Waals surface area contributed by atoms with Gasteiger partial charge in [-0.1, -0.05) is 18.7 Å². The molecule has 0 saturated heterocycles. The van der Waals surface area contributed by atoms with Crippen LogP contribution in [0.5, 0.6) is 0 Å². The standard InChI is InChI=1S/C24H22N4O4/c1-14-19(13-15-5-9-17(10-6-15)26(2)3)22(29)28(21-20(14)23(30)27(4)25-21)18-11-7-16(8-12-18)24(31)32/h5-13,25H,1H2,2-4H3,(H,31,32). The summed E-state index contributed by atoms with van der Waals surface area (Å²) in [7, 11) is 5.45. The number of benzene rings is 2. The molecule has 0 saturated carbocycles. The summed E-state index contributed by atoms with van der Waals surface area (Å²) in [6.45, 7) is 4.03. The van der Waals surface area contributed by atoms with Crippen LogP contribution in [-0.2, 0) is 7.05 Å². The molecule has 0 aliphatic rings. The number of anilines is 1. The van der Waals surface area contributed by atoms with E-state index in [4.69, 9.17) is 0 Å². The van der Waals surface area contributed by atoms with Crippen LogP contribution >= 0.6 is 0 Å². The number of pyridine rings is 1. The zero-order valence-electron chi connectivity index (χ0n) is 17.9. The fourth-order valence-corrected chi connectivity index (χ4v) is 3.64. The number of fused-ring (bicyclic) bond motifs is 1. The van der Waals surface area contributed by atoms with E-state index in [0.29, 0.717) is 21.9 Å². The summed E-state index contributed by atoms with van der Waals surface area (Å²) in [4.78, 5) is 39.5. The highest BCUT2D eigenvalue weighted by atomic mass is 16.4. The number of hydrogen-bond donors (Lipinski definition) is 2. The maximum atomic E-state index is 13.6. The summed E-state index contributed by atoms with van der Waals surface area (Å²) >= 11 is 0. The molecule has 8 nitrogen and oxygen atoms in total. The largest absolute Gasteiger partial charge is 0.478 e. The van der Waals surface area contributed by atoms with Gasteiger partial charge in [-0.3, -0.25) is 23.9 Å². The lowest BCUT2D eigenvalue weighted by Crippen LogP contribution is -2.45. The number of rotatable bonds is 4. The third-order valence-corrected chi connectivity index (χ3v) is 5.41. The van der Waals surface area contributed by atoms with Crippen LogP contribution in [0.4, 0.5) is 5.69 Å². The molecule has 0 amide bonds. The number of carboxylic acid groups (broad SMARTS) is 1. The normalized spacial score (nSPS) is 11.8. The van der Waals surface area contributed by atoms with Gasteiger partial charge in [-0.15, -0.1) is 0 Å². The quantitative estimate of drug-likeness (QED) is 0.504. The predicted octanol–water partition coefficient (Wildman–Crippen LogP) is 1.02. The zero-order valence-corrected chi connectivity index (χ0v) is 17.9. The summed E-state index contributed by atoms with van der Waals surface area (Å²) in [5, 5.41) is 13.0. The minimum Gasteiger partial charge on any atom is -0.478 e. The van der Waals surface area contributed by atoms with Crippen LogP contribution in [0.25, 0.3) is 29.4 Å². The van der Waals surface area contributed by atoms with Crippen molar-refractivity contribution in [1.82, 2.24) is 14.3 Å². The molecule has 0 unspecified atom stereocenters. The third-order valence-electron chi connectivity index (χ3n) is 5.41. The minimum atomic E-state index is -1.06. The van der Waals surface area contributed by atoms with Crippen LogP contribution in [0.15, 0.2) is 58.1 Å². The first-order chi connectivity index (χ1) is 15.2. The molecule has 0 radical (unpaired) electrons. The molecule has 0 spiro atoms. The van der Waals surface area contributed by atoms with Crippen molar-refractivity contribution in [3.63, 3.8) is 0 Å². The van der Waals surface area contributed by atoms with Crippen LogP contribution in [0.2, 0.25) is 0 Å². The van der Waals surface area contributed by atoms with Crippen molar-refractivity contribution >= 4 is 35.3 Å². The van der Waals surface area contributed by atoms with Crippen LogP contribution in [0.1, 0.15) is 15.9 Å². The first kappa shape index (κ1) is 20.9. The third kappa shape index (κ3) is 3.41. The molecule has 4 aromatic rings. The van der Waals surface area contributed by atoms with Crippen molar-refractivity contribution in [2.75, 3.05) is 19.0 Å². The van der Waals surface area contributed by atoms with E-state index in [2.05, 4.69) is 11.7 Å². The van der Waals surface area contributed by atoms with E-state index >= 15 is 0 Å². The lowest BCUT2D eigenvalue weighted by atomic mass is 10.1. The second-order valence-electron chi connectivity index (χ2n) is 7.71. The Hall–Kier alpha value is -4.33. The van der Waals surface area contributed by atoms with Crippen molar-refractivity contribution in [3.8, 4) is 5.69 Å². The van der Waals surface area contributed by atoms with Gasteiger partial charge in [0.25, 0.3) is 11.1 Å². The van der Waals surface area contributed by atoms with Crippen LogP contribution in [-0.4, -0.2) is 39.5 Å². The number of hydrogen-bond acceptors (Lipinski definition) is 4. The molecular weight excluding hydrogens is 408 g/mol. The number of aromatic amines is 1. The summed E-state index contributed by atoms with van der Waals surface area (Å²) in [5.41, 5.74) is 1.96. The summed E-state index contributed by atoms with van der Waals surface area (Å²) < 4.78 is 2.66. The van der Waals surface area contributed by atoms with E-state index in [1.165, 1.54) is 33.5 Å². The number of nitrogens with zero attached hydrogens (tertiary/aromatic N) is 3. The van der Waals surface area contributed by atoms with Gasteiger partial charge in [-0.05, 0) is 53.3 Å². The van der Waals surface area contributed by atoms with Gasteiger partial charge >= 0.3 is 5.97 Å². The van der Waals surface area contributed by atoms with Crippen molar-refractivity contribution in [2.45, 2.75) is 0 Å². The minimum absolute atomic E-state index is 0.0983. The first-order valence-electron chi connectivity index (χ1n) is 9.84. The molecule has 0 atom stereocenters. The number of carbonyl (C=O) groups is 1. The Morgan fingerprint density at radius 1 is 1.03 bits per heavy atom. The van der Waals surface area contributed by atoms with Crippen molar-refractivity contribution in [3.05, 3.63) is 90.8 Å². The van der Waals surface area contributed by atoms with E-state index in [0.717, 1.165) is 11.3 Å². The Morgan fingerprint density at radius 2 is 1.66 bits per heavy atom. The number of aromatic nitrogens is 3. The number of aryl methyl sites for hydroxylation is 1.